The van der Waals surface area contributed by atoms with Gasteiger partial charge in [0, 0.05) is 24.3 Å². The molecule has 3 rings (SSSR count). The maximum absolute atomic E-state index is 9.40. The number of thiazole rings is 1. The molecule has 0 saturated carbocycles. The van der Waals surface area contributed by atoms with Crippen LogP contribution in [0.1, 0.15) is 13.8 Å². The highest BCUT2D eigenvalue weighted by atomic mass is 35.5. The fraction of sp³-hybridized carbons (Fsp3) is 0.350. The van der Waals surface area contributed by atoms with Gasteiger partial charge in [-0.3, -0.25) is 0 Å². The standard InChI is InChI=1S/C20H25N4O2S.ClH/c1-5-24(14(2)13-25)16-8-6-15(7-9-16)21-22-20-23(3)18-11-10-17(26-4)12-19(18)27-20;/h6-12,14,25H,5,13H2,1-4H3;1H/q+1;/p-1. The summed E-state index contributed by atoms with van der Waals surface area (Å²) in [6, 6.07) is 14.0. The zero-order valence-corrected chi connectivity index (χ0v) is 18.0. The number of aryl methyl sites for hydroxylation is 1. The van der Waals surface area contributed by atoms with Crippen molar-refractivity contribution in [3.8, 4) is 5.75 Å². The number of aliphatic hydroxyl groups is 1. The average molecular weight is 421 g/mol. The van der Waals surface area contributed by atoms with Gasteiger partial charge in [-0.15, -0.1) is 0 Å². The van der Waals surface area contributed by atoms with E-state index in [1.165, 1.54) is 0 Å². The number of hydrogen-bond acceptors (Lipinski definition) is 6. The number of benzene rings is 2. The van der Waals surface area contributed by atoms with E-state index < -0.39 is 0 Å². The normalized spacial score (nSPS) is 12.2. The van der Waals surface area contributed by atoms with Gasteiger partial charge < -0.3 is 27.2 Å². The maximum Gasteiger partial charge on any atom is 0.409 e. The highest BCUT2D eigenvalue weighted by Crippen LogP contribution is 2.30. The number of azo groups is 1. The molecule has 0 fully saturated rings. The zero-order valence-electron chi connectivity index (χ0n) is 16.5. The number of rotatable bonds is 7. The summed E-state index contributed by atoms with van der Waals surface area (Å²) in [6.07, 6.45) is 0. The first kappa shape index (κ1) is 22.1. The lowest BCUT2D eigenvalue weighted by molar-refractivity contribution is -0.627. The second-order valence-electron chi connectivity index (χ2n) is 6.31. The predicted molar refractivity (Wildman–Crippen MR) is 110 cm³/mol. The molecule has 150 valence electrons. The third-order valence-corrected chi connectivity index (χ3v) is 5.67. The summed E-state index contributed by atoms with van der Waals surface area (Å²) >= 11 is 1.58. The first-order valence-corrected chi connectivity index (χ1v) is 9.75. The molecule has 1 atom stereocenters. The van der Waals surface area contributed by atoms with E-state index in [0.717, 1.165) is 39.0 Å². The molecule has 1 N–H and O–H groups in total. The van der Waals surface area contributed by atoms with Crippen LogP contribution in [-0.4, -0.2) is 31.4 Å². The first-order valence-electron chi connectivity index (χ1n) is 8.93. The van der Waals surface area contributed by atoms with Gasteiger partial charge in [-0.25, -0.2) is 4.57 Å². The molecule has 28 heavy (non-hydrogen) atoms. The number of likely N-dealkylation sites (N-methyl/N-ethyl adjacent to an activating group) is 1. The predicted octanol–water partition coefficient (Wildman–Crippen LogP) is 1.36. The maximum atomic E-state index is 9.40. The minimum atomic E-state index is 0. The van der Waals surface area contributed by atoms with Crippen LogP contribution in [0, 0.1) is 0 Å². The van der Waals surface area contributed by atoms with Crippen molar-refractivity contribution >= 4 is 38.1 Å². The molecule has 1 heterocycles. The molecule has 1 unspecified atom stereocenters. The van der Waals surface area contributed by atoms with E-state index in [4.69, 9.17) is 4.74 Å². The van der Waals surface area contributed by atoms with Crippen LogP contribution in [0.2, 0.25) is 0 Å². The van der Waals surface area contributed by atoms with Gasteiger partial charge in [0.05, 0.1) is 30.6 Å². The van der Waals surface area contributed by atoms with Crippen molar-refractivity contribution < 1.29 is 26.8 Å². The van der Waals surface area contributed by atoms with Gasteiger partial charge in [0.1, 0.15) is 17.0 Å². The smallest absolute Gasteiger partial charge is 0.409 e. The highest BCUT2D eigenvalue weighted by molar-refractivity contribution is 7.21. The third-order valence-electron chi connectivity index (χ3n) is 4.59. The van der Waals surface area contributed by atoms with Crippen molar-refractivity contribution in [2.24, 2.45) is 17.3 Å². The molecule has 0 radical (unpaired) electrons. The quantitative estimate of drug-likeness (QED) is 0.463. The summed E-state index contributed by atoms with van der Waals surface area (Å²) in [5, 5.41) is 19.0. The molecular weight excluding hydrogens is 396 g/mol. The molecular formula is C20H25ClN4O2S. The van der Waals surface area contributed by atoms with Gasteiger partial charge in [-0.2, -0.15) is 0 Å². The summed E-state index contributed by atoms with van der Waals surface area (Å²) < 4.78 is 8.42. The fourth-order valence-electron chi connectivity index (χ4n) is 3.00. The highest BCUT2D eigenvalue weighted by Gasteiger charge is 2.17. The molecule has 8 heteroatoms. The average Bonchev–Trinajstić information content (AvgIpc) is 3.02. The monoisotopic (exact) mass is 420 g/mol. The number of aromatic nitrogens is 1. The zero-order chi connectivity index (χ0) is 19.4. The third kappa shape index (κ3) is 4.60. The van der Waals surface area contributed by atoms with Crippen LogP contribution < -0.4 is 26.6 Å². The van der Waals surface area contributed by atoms with E-state index >= 15 is 0 Å². The van der Waals surface area contributed by atoms with Crippen LogP contribution in [0.3, 0.4) is 0 Å². The largest absolute Gasteiger partial charge is 1.00 e. The summed E-state index contributed by atoms with van der Waals surface area (Å²) in [5.41, 5.74) is 2.96. The SMILES string of the molecule is CCN(c1ccc(N=Nc2sc3cc(OC)ccc3[n+]2C)cc1)C(C)CO.[Cl-]. The molecule has 1 aromatic heterocycles. The van der Waals surface area contributed by atoms with Gasteiger partial charge in [0.25, 0.3) is 0 Å². The van der Waals surface area contributed by atoms with Crippen molar-refractivity contribution in [2.45, 2.75) is 19.9 Å². The summed E-state index contributed by atoms with van der Waals surface area (Å²) in [4.78, 5) is 2.15. The molecule has 0 aliphatic rings. The van der Waals surface area contributed by atoms with Crippen LogP contribution in [0.5, 0.6) is 5.75 Å². The Morgan fingerprint density at radius 1 is 1.18 bits per heavy atom. The van der Waals surface area contributed by atoms with Gasteiger partial charge in [-0.05, 0) is 66.7 Å². The summed E-state index contributed by atoms with van der Waals surface area (Å²) in [5.74, 6) is 0.834. The van der Waals surface area contributed by atoms with E-state index in [1.807, 2.05) is 61.0 Å². The van der Waals surface area contributed by atoms with Crippen molar-refractivity contribution in [3.63, 3.8) is 0 Å². The second kappa shape index (κ2) is 9.82. The van der Waals surface area contributed by atoms with Gasteiger partial charge in [0.15, 0.2) is 0 Å². The number of fused-ring (bicyclic) bond motifs is 1. The Kier molecular flexibility index (Phi) is 7.74. The molecule has 0 aliphatic carbocycles. The molecule has 6 nitrogen and oxygen atoms in total. The van der Waals surface area contributed by atoms with Gasteiger partial charge >= 0.3 is 5.13 Å². The van der Waals surface area contributed by atoms with E-state index in [2.05, 4.69) is 22.1 Å². The number of ether oxygens (including phenoxy) is 1. The number of aliphatic hydroxyl groups excluding tert-OH is 1. The van der Waals surface area contributed by atoms with E-state index in [9.17, 15) is 5.11 Å². The lowest BCUT2D eigenvalue weighted by Gasteiger charge is -2.28. The minimum absolute atomic E-state index is 0. The van der Waals surface area contributed by atoms with Gasteiger partial charge in [0.2, 0.25) is 0 Å². The number of anilines is 1. The number of methoxy groups -OCH3 is 1. The molecule has 0 saturated heterocycles. The lowest BCUT2D eigenvalue weighted by Crippen LogP contribution is -3.00. The first-order chi connectivity index (χ1) is 13.1. The second-order valence-corrected chi connectivity index (χ2v) is 7.32. The Balaban J connectivity index is 0.00000280. The Labute approximate surface area is 175 Å². The number of halogens is 1. The Morgan fingerprint density at radius 3 is 2.50 bits per heavy atom. The van der Waals surface area contributed by atoms with Crippen LogP contribution >= 0.6 is 11.3 Å². The van der Waals surface area contributed by atoms with Crippen LogP contribution in [-0.2, 0) is 7.05 Å². The molecule has 2 aromatic carbocycles. The van der Waals surface area contributed by atoms with Crippen molar-refractivity contribution in [2.75, 3.05) is 25.2 Å². The van der Waals surface area contributed by atoms with Crippen molar-refractivity contribution in [3.05, 3.63) is 42.5 Å². The van der Waals surface area contributed by atoms with E-state index in [1.54, 1.807) is 18.4 Å². The van der Waals surface area contributed by atoms with Gasteiger partial charge in [-0.1, -0.05) is 0 Å². The fourth-order valence-corrected chi connectivity index (χ4v) is 3.99. The van der Waals surface area contributed by atoms with Crippen LogP contribution in [0.25, 0.3) is 10.2 Å². The lowest BCUT2D eigenvalue weighted by atomic mass is 10.2. The number of hydrogen-bond donors (Lipinski definition) is 1. The van der Waals surface area contributed by atoms with Crippen LogP contribution in [0.15, 0.2) is 52.7 Å². The summed E-state index contributed by atoms with van der Waals surface area (Å²) in [7, 11) is 3.65. The topological polar surface area (TPSA) is 61.3 Å². The van der Waals surface area contributed by atoms with Crippen molar-refractivity contribution in [1.82, 2.24) is 0 Å². The molecule has 0 amide bonds. The van der Waals surface area contributed by atoms with E-state index in [0.29, 0.717) is 0 Å². The number of nitrogens with zero attached hydrogens (tertiary/aromatic N) is 4. The molecule has 3 aromatic rings. The molecule has 0 spiro atoms. The van der Waals surface area contributed by atoms with Crippen LogP contribution in [0.4, 0.5) is 16.5 Å². The Hall–Kier alpha value is -2.22. The van der Waals surface area contributed by atoms with E-state index in [-0.39, 0.29) is 25.1 Å². The summed E-state index contributed by atoms with van der Waals surface area (Å²) in [6.45, 7) is 5.05. The van der Waals surface area contributed by atoms with Crippen molar-refractivity contribution in [1.29, 1.82) is 0 Å². The minimum Gasteiger partial charge on any atom is -1.00 e. The molecule has 0 bridgehead atoms. The molecule has 0 aliphatic heterocycles. The Bertz CT molecular complexity index is 943. The Morgan fingerprint density at radius 2 is 1.89 bits per heavy atom.